The second kappa shape index (κ2) is 8.89. The van der Waals surface area contributed by atoms with Crippen LogP contribution in [0.1, 0.15) is 10.4 Å². The first kappa shape index (κ1) is 19.9. The summed E-state index contributed by atoms with van der Waals surface area (Å²) in [4.78, 5) is 24.2. The minimum absolute atomic E-state index is 0.0345. The zero-order valence-corrected chi connectivity index (χ0v) is 17.2. The number of rotatable bonds is 6. The Hall–Kier alpha value is -2.85. The molecule has 10 heteroatoms. The van der Waals surface area contributed by atoms with Gasteiger partial charge in [-0.2, -0.15) is 0 Å². The number of aromatic nitrogens is 3. The largest absolute Gasteiger partial charge is 0.497 e. The Morgan fingerprint density at radius 2 is 1.89 bits per heavy atom. The van der Waals surface area contributed by atoms with E-state index in [2.05, 4.69) is 31.4 Å². The van der Waals surface area contributed by atoms with Gasteiger partial charge in [-0.25, -0.2) is 4.68 Å². The number of methoxy groups -OCH3 is 1. The number of halogens is 1. The van der Waals surface area contributed by atoms with Crippen molar-refractivity contribution in [3.63, 3.8) is 0 Å². The summed E-state index contributed by atoms with van der Waals surface area (Å²) >= 11 is 4.53. The zero-order valence-electron chi connectivity index (χ0n) is 14.8. The van der Waals surface area contributed by atoms with Crippen molar-refractivity contribution in [1.82, 2.24) is 20.2 Å². The molecule has 3 aromatic rings. The third-order valence-corrected chi connectivity index (χ3v) is 5.35. The first-order chi connectivity index (χ1) is 13.5. The van der Waals surface area contributed by atoms with Crippen LogP contribution in [0.3, 0.4) is 0 Å². The minimum Gasteiger partial charge on any atom is -0.497 e. The molecule has 1 heterocycles. The van der Waals surface area contributed by atoms with E-state index in [9.17, 15) is 9.59 Å². The smallest absolute Gasteiger partial charge is 0.257 e. The summed E-state index contributed by atoms with van der Waals surface area (Å²) in [5.41, 5.74) is 1.14. The molecule has 0 saturated heterocycles. The highest BCUT2D eigenvalue weighted by Crippen LogP contribution is 2.27. The summed E-state index contributed by atoms with van der Waals surface area (Å²) < 4.78 is 7.17. The van der Waals surface area contributed by atoms with Gasteiger partial charge in [0.25, 0.3) is 5.91 Å². The summed E-state index contributed by atoms with van der Waals surface area (Å²) in [6.45, 7) is 0. The first-order valence-corrected chi connectivity index (χ1v) is 9.84. The number of hydrogen-bond acceptors (Lipinski definition) is 7. The maximum Gasteiger partial charge on any atom is 0.257 e. The van der Waals surface area contributed by atoms with Crippen LogP contribution in [0.2, 0.25) is 0 Å². The maximum absolute atomic E-state index is 12.1. The topological polar surface area (TPSA) is 112 Å². The summed E-state index contributed by atoms with van der Waals surface area (Å²) in [6, 6.07) is 13.9. The van der Waals surface area contributed by atoms with Crippen LogP contribution < -0.4 is 15.9 Å². The van der Waals surface area contributed by atoms with Gasteiger partial charge in [-0.1, -0.05) is 39.8 Å². The number of amides is 2. The van der Waals surface area contributed by atoms with Gasteiger partial charge < -0.3 is 10.6 Å². The van der Waals surface area contributed by atoms with E-state index in [-0.39, 0.29) is 5.75 Å². The maximum atomic E-state index is 12.1. The van der Waals surface area contributed by atoms with Crippen LogP contribution in [0.5, 0.6) is 5.75 Å². The predicted octanol–water partition coefficient (Wildman–Crippen LogP) is 2.48. The number of carbonyl (C=O) groups excluding carboxylic acids is 2. The zero-order chi connectivity index (χ0) is 20.1. The van der Waals surface area contributed by atoms with Crippen molar-refractivity contribution in [3.05, 3.63) is 58.6 Å². The number of hydrogen-bond donors (Lipinski definition) is 2. The molecule has 0 spiro atoms. The van der Waals surface area contributed by atoms with Gasteiger partial charge in [0.2, 0.25) is 11.1 Å². The highest BCUT2D eigenvalue weighted by Gasteiger charge is 2.16. The van der Waals surface area contributed by atoms with Crippen LogP contribution in [0.15, 0.2) is 58.2 Å². The Bertz CT molecular complexity index is 1010. The predicted molar refractivity (Wildman–Crippen MR) is 109 cm³/mol. The molecular formula is C18H16BrN5O3S. The second-order valence-electron chi connectivity index (χ2n) is 5.55. The Morgan fingerprint density at radius 3 is 2.57 bits per heavy atom. The summed E-state index contributed by atoms with van der Waals surface area (Å²) in [5, 5.41) is 10.8. The van der Waals surface area contributed by atoms with Crippen LogP contribution in [0.25, 0.3) is 11.4 Å². The normalized spacial score (nSPS) is 10.5. The fourth-order valence-electron chi connectivity index (χ4n) is 2.31. The lowest BCUT2D eigenvalue weighted by molar-refractivity contribution is -0.117. The highest BCUT2D eigenvalue weighted by atomic mass is 79.9. The van der Waals surface area contributed by atoms with Gasteiger partial charge >= 0.3 is 0 Å². The molecule has 2 aromatic carbocycles. The van der Waals surface area contributed by atoms with Crippen LogP contribution >= 0.6 is 27.7 Å². The van der Waals surface area contributed by atoms with Crippen molar-refractivity contribution >= 4 is 39.5 Å². The molecule has 0 aliphatic heterocycles. The quantitative estimate of drug-likeness (QED) is 0.428. The molecule has 1 aromatic heterocycles. The number of nitrogens with zero attached hydrogens (tertiary/aromatic N) is 3. The number of carbonyl (C=O) groups is 2. The number of ether oxygens (including phenoxy) is 1. The molecule has 28 heavy (non-hydrogen) atoms. The molecule has 8 nitrogen and oxygen atoms in total. The standard InChI is InChI=1S/C18H16BrN5O3S/c1-27-12-8-6-11(7-9-12)17(26)21-15(25)10-28-18-23-22-16(24(18)20)13-4-2-3-5-14(13)19/h2-9H,10,20H2,1H3,(H,21,25,26). The summed E-state index contributed by atoms with van der Waals surface area (Å²) in [6.07, 6.45) is 0. The Morgan fingerprint density at radius 1 is 1.18 bits per heavy atom. The van der Waals surface area contributed by atoms with Crippen molar-refractivity contribution in [1.29, 1.82) is 0 Å². The van der Waals surface area contributed by atoms with Gasteiger partial charge in [0.05, 0.1) is 12.9 Å². The van der Waals surface area contributed by atoms with Crippen LogP contribution in [-0.4, -0.2) is 39.6 Å². The molecule has 0 unspecified atom stereocenters. The van der Waals surface area contributed by atoms with E-state index in [0.29, 0.717) is 22.3 Å². The molecule has 0 aliphatic carbocycles. The van der Waals surface area contributed by atoms with Crippen molar-refractivity contribution in [2.24, 2.45) is 0 Å². The minimum atomic E-state index is -0.489. The van der Waals surface area contributed by atoms with Gasteiger partial charge in [-0.15, -0.1) is 10.2 Å². The van der Waals surface area contributed by atoms with Crippen molar-refractivity contribution < 1.29 is 14.3 Å². The summed E-state index contributed by atoms with van der Waals surface area (Å²) in [7, 11) is 1.54. The van der Waals surface area contributed by atoms with E-state index >= 15 is 0 Å². The molecule has 144 valence electrons. The van der Waals surface area contributed by atoms with Crippen LogP contribution in [-0.2, 0) is 4.79 Å². The summed E-state index contributed by atoms with van der Waals surface area (Å²) in [5.74, 6) is 6.15. The lowest BCUT2D eigenvalue weighted by Gasteiger charge is -2.06. The second-order valence-corrected chi connectivity index (χ2v) is 7.35. The Balaban J connectivity index is 1.60. The molecule has 3 rings (SSSR count). The fourth-order valence-corrected chi connectivity index (χ4v) is 3.43. The van der Waals surface area contributed by atoms with Gasteiger partial charge in [0.1, 0.15) is 5.75 Å². The van der Waals surface area contributed by atoms with Crippen LogP contribution in [0.4, 0.5) is 0 Å². The number of nitrogens with two attached hydrogens (primary N) is 1. The van der Waals surface area contributed by atoms with E-state index in [4.69, 9.17) is 10.6 Å². The molecule has 0 saturated carbocycles. The monoisotopic (exact) mass is 461 g/mol. The van der Waals surface area contributed by atoms with Gasteiger partial charge in [-0.05, 0) is 36.4 Å². The molecule has 3 N–H and O–H groups in total. The van der Waals surface area contributed by atoms with Gasteiger partial charge in [0, 0.05) is 15.6 Å². The molecular weight excluding hydrogens is 446 g/mol. The molecule has 0 atom stereocenters. The van der Waals surface area contributed by atoms with E-state index in [1.54, 1.807) is 24.3 Å². The van der Waals surface area contributed by atoms with Gasteiger partial charge in [-0.3, -0.25) is 14.9 Å². The third kappa shape index (κ3) is 4.52. The molecule has 0 aliphatic rings. The average Bonchev–Trinajstić information content (AvgIpc) is 3.07. The molecule has 2 amide bonds. The van der Waals surface area contributed by atoms with Crippen LogP contribution in [0, 0.1) is 0 Å². The van der Waals surface area contributed by atoms with Gasteiger partial charge in [0.15, 0.2) is 5.82 Å². The van der Waals surface area contributed by atoms with Crippen molar-refractivity contribution in [2.75, 3.05) is 18.7 Å². The SMILES string of the molecule is COc1ccc(C(=O)NC(=O)CSc2nnc(-c3ccccc3Br)n2N)cc1. The molecule has 0 bridgehead atoms. The van der Waals surface area contributed by atoms with E-state index in [0.717, 1.165) is 21.8 Å². The van der Waals surface area contributed by atoms with E-state index < -0.39 is 11.8 Å². The lowest BCUT2D eigenvalue weighted by atomic mass is 10.2. The van der Waals surface area contributed by atoms with Crippen molar-refractivity contribution in [3.8, 4) is 17.1 Å². The molecule has 0 radical (unpaired) electrons. The van der Waals surface area contributed by atoms with E-state index in [1.807, 2.05) is 24.3 Å². The number of nitrogens with one attached hydrogen (secondary N) is 1. The van der Waals surface area contributed by atoms with E-state index in [1.165, 1.54) is 11.8 Å². The lowest BCUT2D eigenvalue weighted by Crippen LogP contribution is -2.32. The first-order valence-electron chi connectivity index (χ1n) is 8.06. The fraction of sp³-hybridized carbons (Fsp3) is 0.111. The number of benzene rings is 2. The average molecular weight is 462 g/mol. The number of nitrogen functional groups attached to an aromatic ring is 1. The van der Waals surface area contributed by atoms with Crippen molar-refractivity contribution in [2.45, 2.75) is 5.16 Å². The highest BCUT2D eigenvalue weighted by molar-refractivity contribution is 9.10. The number of thioether (sulfide) groups is 1. The molecule has 0 fully saturated rings. The Kier molecular flexibility index (Phi) is 6.32. The Labute approximate surface area is 173 Å². The number of imide groups is 1. The third-order valence-electron chi connectivity index (χ3n) is 3.72.